The Kier molecular flexibility index (Phi) is 5.10. The zero-order chi connectivity index (χ0) is 24.1. The standard InChI is InChI=1S/C31H27N3O/c1-5-26-22-10-8-7-9-21(22)23-15-12-20-13-16-24-25-14-11-18(3)33-31(25)35-30(24)29(20)27(6-2)32-19(4)17-28(23)34-26/h5-11,13-14,16,23,28H,1-2,4,12,15,17H2,3H3/b32-27-. The van der Waals surface area contributed by atoms with Crippen molar-refractivity contribution < 1.29 is 4.42 Å². The van der Waals surface area contributed by atoms with E-state index in [4.69, 9.17) is 14.4 Å². The Hall–Kier alpha value is -4.05. The molecule has 4 heteroatoms. The van der Waals surface area contributed by atoms with Gasteiger partial charge in [-0.1, -0.05) is 56.1 Å². The molecule has 2 atom stereocenters. The Labute approximate surface area is 205 Å². The average molecular weight is 458 g/mol. The monoisotopic (exact) mass is 457 g/mol. The third-order valence-corrected chi connectivity index (χ3v) is 7.23. The lowest BCUT2D eigenvalue weighted by molar-refractivity contribution is 0.490. The second kappa shape index (κ2) is 8.31. The van der Waals surface area contributed by atoms with Crippen LogP contribution >= 0.6 is 0 Å². The fraction of sp³-hybridized carbons (Fsp3) is 0.194. The fourth-order valence-corrected chi connectivity index (χ4v) is 5.61. The van der Waals surface area contributed by atoms with Crippen molar-refractivity contribution in [2.45, 2.75) is 38.1 Å². The van der Waals surface area contributed by atoms with Crippen molar-refractivity contribution in [1.82, 2.24) is 4.98 Å². The first-order valence-corrected chi connectivity index (χ1v) is 12.1. The van der Waals surface area contributed by atoms with E-state index < -0.39 is 0 Å². The number of fused-ring (bicyclic) bond motifs is 8. The van der Waals surface area contributed by atoms with Crippen molar-refractivity contribution in [2.24, 2.45) is 9.98 Å². The molecule has 0 bridgehead atoms. The number of benzene rings is 2. The molecule has 0 radical (unpaired) electrons. The van der Waals surface area contributed by atoms with Crippen molar-refractivity contribution in [3.05, 3.63) is 114 Å². The highest BCUT2D eigenvalue weighted by Crippen LogP contribution is 2.40. The van der Waals surface area contributed by atoms with E-state index in [2.05, 4.69) is 67.2 Å². The van der Waals surface area contributed by atoms with Crippen LogP contribution in [0.2, 0.25) is 0 Å². The van der Waals surface area contributed by atoms with Gasteiger partial charge in [0.2, 0.25) is 5.71 Å². The Morgan fingerprint density at radius 1 is 0.971 bits per heavy atom. The molecule has 6 rings (SSSR count). The molecule has 0 N–H and O–H groups in total. The number of pyridine rings is 1. The molecule has 35 heavy (non-hydrogen) atoms. The SMILES string of the molecule is C=CC1=NC2CC(=C)/N=C(/C=C)c3c(ccc4c3oc3nc(C)ccc34)CCC2c2ccccc21. The van der Waals surface area contributed by atoms with Gasteiger partial charge in [-0.15, -0.1) is 0 Å². The molecule has 2 aliphatic rings. The number of hydrogen-bond donors (Lipinski definition) is 0. The summed E-state index contributed by atoms with van der Waals surface area (Å²) < 4.78 is 6.36. The highest BCUT2D eigenvalue weighted by atomic mass is 16.3. The van der Waals surface area contributed by atoms with Gasteiger partial charge in [-0.2, -0.15) is 0 Å². The summed E-state index contributed by atoms with van der Waals surface area (Å²) in [6.07, 6.45) is 6.19. The van der Waals surface area contributed by atoms with Crippen LogP contribution in [0.1, 0.15) is 46.7 Å². The Morgan fingerprint density at radius 2 is 1.77 bits per heavy atom. The van der Waals surface area contributed by atoms with E-state index in [1.165, 1.54) is 16.7 Å². The Balaban J connectivity index is 1.55. The van der Waals surface area contributed by atoms with Crippen molar-refractivity contribution in [1.29, 1.82) is 0 Å². The maximum Gasteiger partial charge on any atom is 0.227 e. The first kappa shape index (κ1) is 21.5. The second-order valence-corrected chi connectivity index (χ2v) is 9.37. The molecule has 0 aliphatic carbocycles. The maximum atomic E-state index is 6.36. The van der Waals surface area contributed by atoms with E-state index in [0.29, 0.717) is 12.1 Å². The molecule has 0 saturated carbocycles. The van der Waals surface area contributed by atoms with Gasteiger partial charge >= 0.3 is 0 Å². The molecule has 2 aromatic heterocycles. The molecule has 2 aromatic carbocycles. The predicted molar refractivity (Wildman–Crippen MR) is 145 cm³/mol. The minimum Gasteiger partial charge on any atom is -0.437 e. The van der Waals surface area contributed by atoms with E-state index in [9.17, 15) is 0 Å². The number of rotatable bonds is 2. The van der Waals surface area contributed by atoms with E-state index in [1.807, 2.05) is 25.1 Å². The van der Waals surface area contributed by atoms with Crippen LogP contribution < -0.4 is 0 Å². The topological polar surface area (TPSA) is 50.8 Å². The highest BCUT2D eigenvalue weighted by Gasteiger charge is 2.31. The zero-order valence-corrected chi connectivity index (χ0v) is 19.9. The van der Waals surface area contributed by atoms with Crippen LogP contribution in [0.25, 0.3) is 22.1 Å². The van der Waals surface area contributed by atoms with Gasteiger partial charge in [0.1, 0.15) is 5.58 Å². The summed E-state index contributed by atoms with van der Waals surface area (Å²) in [6.45, 7) is 14.4. The lowest BCUT2D eigenvalue weighted by atomic mass is 9.78. The number of aryl methyl sites for hydroxylation is 2. The van der Waals surface area contributed by atoms with E-state index in [-0.39, 0.29) is 12.0 Å². The van der Waals surface area contributed by atoms with Gasteiger partial charge in [0.15, 0.2) is 0 Å². The van der Waals surface area contributed by atoms with Crippen molar-refractivity contribution in [2.75, 3.05) is 0 Å². The summed E-state index contributed by atoms with van der Waals surface area (Å²) in [6, 6.07) is 17.1. The molecule has 2 aliphatic heterocycles. The number of allylic oxidation sites excluding steroid dienone is 2. The van der Waals surface area contributed by atoms with Gasteiger partial charge in [0.05, 0.1) is 17.5 Å². The summed E-state index contributed by atoms with van der Waals surface area (Å²) in [5, 5.41) is 2.06. The first-order chi connectivity index (χ1) is 17.1. The fourth-order valence-electron chi connectivity index (χ4n) is 5.61. The minimum atomic E-state index is 0.0730. The molecule has 0 spiro atoms. The summed E-state index contributed by atoms with van der Waals surface area (Å²) in [7, 11) is 0. The van der Waals surface area contributed by atoms with E-state index >= 15 is 0 Å². The van der Waals surface area contributed by atoms with E-state index in [1.54, 1.807) is 0 Å². The zero-order valence-electron chi connectivity index (χ0n) is 19.9. The smallest absolute Gasteiger partial charge is 0.227 e. The summed E-state index contributed by atoms with van der Waals surface area (Å²) in [5.74, 6) is 0.274. The van der Waals surface area contributed by atoms with Crippen LogP contribution in [0.5, 0.6) is 0 Å². The van der Waals surface area contributed by atoms with Gasteiger partial charge in [0, 0.05) is 45.6 Å². The second-order valence-electron chi connectivity index (χ2n) is 9.37. The molecule has 0 fully saturated rings. The molecular formula is C31H27N3O. The van der Waals surface area contributed by atoms with Gasteiger partial charge in [0.25, 0.3) is 0 Å². The quantitative estimate of drug-likeness (QED) is 0.318. The minimum absolute atomic E-state index is 0.0730. The van der Waals surface area contributed by atoms with Crippen LogP contribution in [0.4, 0.5) is 0 Å². The van der Waals surface area contributed by atoms with Crippen molar-refractivity contribution >= 4 is 33.5 Å². The largest absolute Gasteiger partial charge is 0.437 e. The summed E-state index contributed by atoms with van der Waals surface area (Å²) in [5.41, 5.74) is 9.61. The number of aromatic nitrogens is 1. The molecule has 172 valence electrons. The average Bonchev–Trinajstić information content (AvgIpc) is 3.23. The van der Waals surface area contributed by atoms with E-state index in [0.717, 1.165) is 57.6 Å². The maximum absolute atomic E-state index is 6.36. The summed E-state index contributed by atoms with van der Waals surface area (Å²) in [4.78, 5) is 14.7. The van der Waals surface area contributed by atoms with Gasteiger partial charge in [-0.3, -0.25) is 9.98 Å². The molecule has 4 nitrogen and oxygen atoms in total. The highest BCUT2D eigenvalue weighted by molar-refractivity contribution is 6.19. The van der Waals surface area contributed by atoms with Crippen LogP contribution in [0, 0.1) is 6.92 Å². The van der Waals surface area contributed by atoms with Crippen molar-refractivity contribution in [3.63, 3.8) is 0 Å². The van der Waals surface area contributed by atoms with Crippen LogP contribution in [0.15, 0.2) is 101 Å². The van der Waals surface area contributed by atoms with Gasteiger partial charge in [-0.05, 0) is 55.2 Å². The molecular weight excluding hydrogens is 430 g/mol. The summed E-state index contributed by atoms with van der Waals surface area (Å²) >= 11 is 0. The third-order valence-electron chi connectivity index (χ3n) is 7.23. The van der Waals surface area contributed by atoms with Crippen LogP contribution in [-0.4, -0.2) is 22.4 Å². The number of nitrogens with zero attached hydrogens (tertiary/aromatic N) is 3. The Morgan fingerprint density at radius 3 is 2.60 bits per heavy atom. The lowest BCUT2D eigenvalue weighted by Gasteiger charge is -2.32. The predicted octanol–water partition coefficient (Wildman–Crippen LogP) is 7.26. The normalized spacial score (nSPS) is 21.3. The lowest BCUT2D eigenvalue weighted by Crippen LogP contribution is -2.27. The number of furan rings is 1. The third kappa shape index (κ3) is 3.48. The van der Waals surface area contributed by atoms with Gasteiger partial charge in [-0.25, -0.2) is 4.98 Å². The van der Waals surface area contributed by atoms with Crippen LogP contribution in [0.3, 0.4) is 0 Å². The van der Waals surface area contributed by atoms with Crippen LogP contribution in [-0.2, 0) is 6.42 Å². The molecule has 4 heterocycles. The molecule has 0 amide bonds. The van der Waals surface area contributed by atoms with Crippen molar-refractivity contribution in [3.8, 4) is 0 Å². The molecule has 2 unspecified atom stereocenters. The molecule has 0 saturated heterocycles. The number of hydrogen-bond acceptors (Lipinski definition) is 4. The number of aliphatic imine (C=N–C) groups is 2. The Bertz CT molecular complexity index is 1600. The van der Waals surface area contributed by atoms with Gasteiger partial charge < -0.3 is 4.42 Å². The molecule has 4 aromatic rings. The first-order valence-electron chi connectivity index (χ1n) is 12.1.